The molecular weight excluding hydrogens is 224 g/mol. The van der Waals surface area contributed by atoms with Crippen molar-refractivity contribution in [1.82, 2.24) is 5.32 Å². The van der Waals surface area contributed by atoms with Crippen LogP contribution < -0.4 is 11.1 Å². The van der Waals surface area contributed by atoms with Gasteiger partial charge in [-0.05, 0) is 57.5 Å². The first kappa shape index (κ1) is 15.9. The van der Waals surface area contributed by atoms with E-state index in [0.29, 0.717) is 6.10 Å². The molecule has 0 spiro atoms. The number of hydrogen-bond acceptors (Lipinski definition) is 3. The first-order valence-electron chi connectivity index (χ1n) is 7.89. The van der Waals surface area contributed by atoms with Gasteiger partial charge in [-0.15, -0.1) is 0 Å². The SMILES string of the molecule is CCCC(CCN)CCCNCC1CCCCO1. The molecule has 2 unspecified atom stereocenters. The highest BCUT2D eigenvalue weighted by Gasteiger charge is 2.12. The van der Waals surface area contributed by atoms with Crippen molar-refractivity contribution < 1.29 is 4.74 Å². The van der Waals surface area contributed by atoms with Gasteiger partial charge in [0.05, 0.1) is 6.10 Å². The Bertz CT molecular complexity index is 175. The minimum absolute atomic E-state index is 0.467. The van der Waals surface area contributed by atoms with Crippen molar-refractivity contribution in [2.75, 3.05) is 26.2 Å². The Balaban J connectivity index is 1.95. The molecule has 3 N–H and O–H groups in total. The molecule has 1 saturated heterocycles. The lowest BCUT2D eigenvalue weighted by Crippen LogP contribution is -2.32. The zero-order chi connectivity index (χ0) is 13.1. The second-order valence-electron chi connectivity index (χ2n) is 5.57. The van der Waals surface area contributed by atoms with Gasteiger partial charge >= 0.3 is 0 Å². The summed E-state index contributed by atoms with van der Waals surface area (Å²) in [5.74, 6) is 0.840. The zero-order valence-electron chi connectivity index (χ0n) is 12.1. The molecule has 1 rings (SSSR count). The monoisotopic (exact) mass is 256 g/mol. The molecule has 1 aliphatic rings. The van der Waals surface area contributed by atoms with Crippen LogP contribution >= 0.6 is 0 Å². The lowest BCUT2D eigenvalue weighted by molar-refractivity contribution is 0.0170. The van der Waals surface area contributed by atoms with Crippen LogP contribution in [0.15, 0.2) is 0 Å². The molecule has 0 bridgehead atoms. The maximum absolute atomic E-state index is 5.70. The van der Waals surface area contributed by atoms with Crippen LogP contribution in [0.5, 0.6) is 0 Å². The van der Waals surface area contributed by atoms with Gasteiger partial charge in [-0.3, -0.25) is 0 Å². The molecule has 108 valence electrons. The van der Waals surface area contributed by atoms with Crippen molar-refractivity contribution in [3.05, 3.63) is 0 Å². The zero-order valence-corrected chi connectivity index (χ0v) is 12.1. The van der Waals surface area contributed by atoms with Gasteiger partial charge < -0.3 is 15.8 Å². The van der Waals surface area contributed by atoms with Crippen LogP contribution in [0.3, 0.4) is 0 Å². The van der Waals surface area contributed by atoms with Crippen molar-refractivity contribution >= 4 is 0 Å². The predicted molar refractivity (Wildman–Crippen MR) is 77.8 cm³/mol. The molecular formula is C15H32N2O. The third-order valence-corrected chi connectivity index (χ3v) is 3.88. The van der Waals surface area contributed by atoms with Gasteiger partial charge in [0, 0.05) is 13.2 Å². The standard InChI is InChI=1S/C15H32N2O/c1-2-6-14(9-10-16)7-5-11-17-13-15-8-3-4-12-18-15/h14-15,17H,2-13,16H2,1H3. The lowest BCUT2D eigenvalue weighted by Gasteiger charge is -2.23. The van der Waals surface area contributed by atoms with E-state index in [0.717, 1.165) is 32.2 Å². The Hall–Kier alpha value is -0.120. The Labute approximate surface area is 113 Å². The van der Waals surface area contributed by atoms with Crippen LogP contribution in [-0.4, -0.2) is 32.3 Å². The molecule has 3 nitrogen and oxygen atoms in total. The summed E-state index contributed by atoms with van der Waals surface area (Å²) in [6.45, 7) is 6.23. The Morgan fingerprint density at radius 1 is 1.28 bits per heavy atom. The quantitative estimate of drug-likeness (QED) is 0.591. The number of nitrogens with one attached hydrogen (secondary N) is 1. The molecule has 18 heavy (non-hydrogen) atoms. The fourth-order valence-electron chi connectivity index (χ4n) is 2.82. The first-order chi connectivity index (χ1) is 8.86. The van der Waals surface area contributed by atoms with E-state index in [9.17, 15) is 0 Å². The highest BCUT2D eigenvalue weighted by Crippen LogP contribution is 2.16. The van der Waals surface area contributed by atoms with Crippen molar-refractivity contribution in [3.8, 4) is 0 Å². The number of rotatable bonds is 10. The number of hydrogen-bond donors (Lipinski definition) is 2. The Morgan fingerprint density at radius 2 is 2.17 bits per heavy atom. The largest absolute Gasteiger partial charge is 0.377 e. The second kappa shape index (κ2) is 10.8. The summed E-state index contributed by atoms with van der Waals surface area (Å²) in [4.78, 5) is 0. The van der Waals surface area contributed by atoms with Gasteiger partial charge in [0.1, 0.15) is 0 Å². The fourth-order valence-corrected chi connectivity index (χ4v) is 2.82. The van der Waals surface area contributed by atoms with Gasteiger partial charge in [0.15, 0.2) is 0 Å². The molecule has 2 atom stereocenters. The van der Waals surface area contributed by atoms with Crippen LogP contribution in [-0.2, 0) is 4.74 Å². The average Bonchev–Trinajstić information content (AvgIpc) is 2.40. The normalized spacial score (nSPS) is 22.0. The van der Waals surface area contributed by atoms with Crippen LogP contribution in [0.1, 0.15) is 58.3 Å². The summed E-state index contributed by atoms with van der Waals surface area (Å²) in [6.07, 6.45) is 10.7. The smallest absolute Gasteiger partial charge is 0.0699 e. The van der Waals surface area contributed by atoms with Gasteiger partial charge in [0.25, 0.3) is 0 Å². The highest BCUT2D eigenvalue weighted by atomic mass is 16.5. The third kappa shape index (κ3) is 7.34. The maximum Gasteiger partial charge on any atom is 0.0699 e. The molecule has 0 amide bonds. The van der Waals surface area contributed by atoms with Gasteiger partial charge in [0.2, 0.25) is 0 Å². The molecule has 0 aromatic rings. The van der Waals surface area contributed by atoms with Crippen molar-refractivity contribution in [1.29, 1.82) is 0 Å². The molecule has 1 fully saturated rings. The Kier molecular flexibility index (Phi) is 9.54. The average molecular weight is 256 g/mol. The topological polar surface area (TPSA) is 47.3 Å². The number of ether oxygens (including phenoxy) is 1. The van der Waals surface area contributed by atoms with E-state index in [-0.39, 0.29) is 0 Å². The first-order valence-corrected chi connectivity index (χ1v) is 7.89. The lowest BCUT2D eigenvalue weighted by atomic mass is 9.94. The van der Waals surface area contributed by atoms with E-state index in [1.165, 1.54) is 51.4 Å². The minimum atomic E-state index is 0.467. The summed E-state index contributed by atoms with van der Waals surface area (Å²) >= 11 is 0. The molecule has 0 aromatic heterocycles. The van der Waals surface area contributed by atoms with Crippen LogP contribution in [0.4, 0.5) is 0 Å². The molecule has 0 radical (unpaired) electrons. The summed E-state index contributed by atoms with van der Waals surface area (Å²) in [7, 11) is 0. The van der Waals surface area contributed by atoms with Crippen molar-refractivity contribution in [3.63, 3.8) is 0 Å². The van der Waals surface area contributed by atoms with Crippen molar-refractivity contribution in [2.24, 2.45) is 11.7 Å². The van der Waals surface area contributed by atoms with Crippen LogP contribution in [0, 0.1) is 5.92 Å². The van der Waals surface area contributed by atoms with Crippen molar-refractivity contribution in [2.45, 2.75) is 64.4 Å². The fraction of sp³-hybridized carbons (Fsp3) is 1.00. The van der Waals surface area contributed by atoms with E-state index in [4.69, 9.17) is 10.5 Å². The Morgan fingerprint density at radius 3 is 2.83 bits per heavy atom. The minimum Gasteiger partial charge on any atom is -0.377 e. The molecule has 0 saturated carbocycles. The molecule has 0 aromatic carbocycles. The highest BCUT2D eigenvalue weighted by molar-refractivity contribution is 4.67. The third-order valence-electron chi connectivity index (χ3n) is 3.88. The summed E-state index contributed by atoms with van der Waals surface area (Å²) in [6, 6.07) is 0. The molecule has 1 aliphatic heterocycles. The molecule has 1 heterocycles. The maximum atomic E-state index is 5.70. The number of nitrogens with two attached hydrogens (primary N) is 1. The predicted octanol–water partition coefficient (Wildman–Crippen LogP) is 2.69. The molecule has 3 heteroatoms. The van der Waals surface area contributed by atoms with Gasteiger partial charge in [-0.25, -0.2) is 0 Å². The second-order valence-corrected chi connectivity index (χ2v) is 5.57. The summed E-state index contributed by atoms with van der Waals surface area (Å²) in [5.41, 5.74) is 5.66. The van der Waals surface area contributed by atoms with E-state index in [2.05, 4.69) is 12.2 Å². The van der Waals surface area contributed by atoms with Gasteiger partial charge in [-0.2, -0.15) is 0 Å². The summed E-state index contributed by atoms with van der Waals surface area (Å²) < 4.78 is 5.70. The van der Waals surface area contributed by atoms with Crippen LogP contribution in [0.2, 0.25) is 0 Å². The van der Waals surface area contributed by atoms with Gasteiger partial charge in [-0.1, -0.05) is 19.8 Å². The summed E-state index contributed by atoms with van der Waals surface area (Å²) in [5, 5.41) is 3.54. The van der Waals surface area contributed by atoms with E-state index < -0.39 is 0 Å². The van der Waals surface area contributed by atoms with E-state index in [1.807, 2.05) is 0 Å². The van der Waals surface area contributed by atoms with E-state index >= 15 is 0 Å². The molecule has 0 aliphatic carbocycles. The van der Waals surface area contributed by atoms with E-state index in [1.54, 1.807) is 0 Å². The van der Waals surface area contributed by atoms with Crippen LogP contribution in [0.25, 0.3) is 0 Å².